The van der Waals surface area contributed by atoms with Crippen molar-refractivity contribution >= 4 is 17.1 Å². The molecule has 0 saturated carbocycles. The number of carbonyl (C=O) groups is 1. The van der Waals surface area contributed by atoms with Gasteiger partial charge in [-0.15, -0.1) is 0 Å². The molecular formula is C21H24N4O2. The molecule has 0 aliphatic carbocycles. The van der Waals surface area contributed by atoms with Crippen LogP contribution in [0, 0.1) is 5.92 Å². The summed E-state index contributed by atoms with van der Waals surface area (Å²) in [4.78, 5) is 21.3. The van der Waals surface area contributed by atoms with Crippen molar-refractivity contribution in [1.29, 1.82) is 0 Å². The van der Waals surface area contributed by atoms with Gasteiger partial charge in [-0.05, 0) is 36.8 Å². The molecule has 0 spiro atoms. The first kappa shape index (κ1) is 17.7. The van der Waals surface area contributed by atoms with E-state index in [1.807, 2.05) is 28.8 Å². The Kier molecular flexibility index (Phi) is 5.44. The number of rotatable bonds is 6. The van der Waals surface area contributed by atoms with E-state index in [9.17, 15) is 4.79 Å². The fourth-order valence-electron chi connectivity index (χ4n) is 3.42. The third kappa shape index (κ3) is 4.34. The van der Waals surface area contributed by atoms with Gasteiger partial charge in [0.25, 0.3) is 5.91 Å². The standard InChI is InChI=1S/C21H24N4O2/c26-21(23-13-17-7-10-27-11-8-17)18-12-19-20(22-14-18)25(15-24-19)9-6-16-4-2-1-3-5-16/h1-5,12,14-15,17H,6-11,13H2,(H,23,26). The van der Waals surface area contributed by atoms with E-state index in [1.165, 1.54) is 5.56 Å². The maximum absolute atomic E-state index is 12.4. The van der Waals surface area contributed by atoms with Gasteiger partial charge in [-0.25, -0.2) is 9.97 Å². The molecule has 1 amide bonds. The number of imidazole rings is 1. The van der Waals surface area contributed by atoms with Crippen molar-refractivity contribution in [3.63, 3.8) is 0 Å². The number of aromatic nitrogens is 3. The highest BCUT2D eigenvalue weighted by Gasteiger charge is 2.16. The fraction of sp³-hybridized carbons (Fsp3) is 0.381. The Hall–Kier alpha value is -2.73. The van der Waals surface area contributed by atoms with Crippen LogP contribution in [-0.2, 0) is 17.7 Å². The molecule has 0 radical (unpaired) electrons. The highest BCUT2D eigenvalue weighted by Crippen LogP contribution is 2.15. The highest BCUT2D eigenvalue weighted by molar-refractivity contribution is 5.96. The monoisotopic (exact) mass is 364 g/mol. The number of carbonyl (C=O) groups excluding carboxylic acids is 1. The zero-order valence-electron chi connectivity index (χ0n) is 15.3. The third-order valence-electron chi connectivity index (χ3n) is 5.09. The van der Waals surface area contributed by atoms with E-state index in [1.54, 1.807) is 12.5 Å². The number of pyridine rings is 1. The van der Waals surface area contributed by atoms with Gasteiger partial charge in [-0.2, -0.15) is 0 Å². The van der Waals surface area contributed by atoms with Crippen molar-refractivity contribution in [3.8, 4) is 0 Å². The Bertz CT molecular complexity index is 901. The lowest BCUT2D eigenvalue weighted by molar-refractivity contribution is 0.0642. The second-order valence-electron chi connectivity index (χ2n) is 7.01. The predicted octanol–water partition coefficient (Wildman–Crippen LogP) is 2.83. The summed E-state index contributed by atoms with van der Waals surface area (Å²) >= 11 is 0. The van der Waals surface area contributed by atoms with Gasteiger partial charge in [0, 0.05) is 32.5 Å². The summed E-state index contributed by atoms with van der Waals surface area (Å²) in [6.07, 6.45) is 6.36. The van der Waals surface area contributed by atoms with Crippen molar-refractivity contribution in [2.75, 3.05) is 19.8 Å². The van der Waals surface area contributed by atoms with Crippen LogP contribution in [0.2, 0.25) is 0 Å². The number of nitrogens with one attached hydrogen (secondary N) is 1. The first-order valence-corrected chi connectivity index (χ1v) is 9.50. The van der Waals surface area contributed by atoms with Crippen molar-refractivity contribution < 1.29 is 9.53 Å². The van der Waals surface area contributed by atoms with Crippen LogP contribution in [-0.4, -0.2) is 40.2 Å². The lowest BCUT2D eigenvalue weighted by Gasteiger charge is -2.22. The van der Waals surface area contributed by atoms with E-state index in [-0.39, 0.29) is 5.91 Å². The summed E-state index contributed by atoms with van der Waals surface area (Å²) in [7, 11) is 0. The number of ether oxygens (including phenoxy) is 1. The summed E-state index contributed by atoms with van der Waals surface area (Å²) in [6, 6.07) is 12.2. The molecule has 1 aliphatic heterocycles. The van der Waals surface area contributed by atoms with Gasteiger partial charge >= 0.3 is 0 Å². The van der Waals surface area contributed by atoms with Crippen LogP contribution >= 0.6 is 0 Å². The van der Waals surface area contributed by atoms with E-state index in [2.05, 4.69) is 27.4 Å². The lowest BCUT2D eigenvalue weighted by Crippen LogP contribution is -2.32. The maximum Gasteiger partial charge on any atom is 0.252 e. The van der Waals surface area contributed by atoms with Crippen molar-refractivity contribution in [1.82, 2.24) is 19.9 Å². The molecule has 1 aliphatic rings. The average molecular weight is 364 g/mol. The summed E-state index contributed by atoms with van der Waals surface area (Å²) in [5.41, 5.74) is 3.40. The van der Waals surface area contributed by atoms with E-state index >= 15 is 0 Å². The summed E-state index contributed by atoms with van der Waals surface area (Å²) < 4.78 is 7.39. The smallest absolute Gasteiger partial charge is 0.252 e. The quantitative estimate of drug-likeness (QED) is 0.730. The molecule has 0 bridgehead atoms. The van der Waals surface area contributed by atoms with Gasteiger partial charge < -0.3 is 14.6 Å². The molecule has 0 atom stereocenters. The zero-order valence-corrected chi connectivity index (χ0v) is 15.3. The third-order valence-corrected chi connectivity index (χ3v) is 5.09. The zero-order chi connectivity index (χ0) is 18.5. The minimum absolute atomic E-state index is 0.0882. The summed E-state index contributed by atoms with van der Waals surface area (Å²) in [5.74, 6) is 0.409. The molecule has 3 aromatic rings. The molecule has 6 heteroatoms. The normalized spacial score (nSPS) is 15.1. The second-order valence-corrected chi connectivity index (χ2v) is 7.01. The number of fused-ring (bicyclic) bond motifs is 1. The molecule has 140 valence electrons. The number of hydrogen-bond acceptors (Lipinski definition) is 4. The first-order valence-electron chi connectivity index (χ1n) is 9.50. The van der Waals surface area contributed by atoms with Crippen molar-refractivity contribution in [2.45, 2.75) is 25.8 Å². The van der Waals surface area contributed by atoms with Crippen LogP contribution in [0.4, 0.5) is 0 Å². The van der Waals surface area contributed by atoms with E-state index in [0.717, 1.165) is 50.2 Å². The number of nitrogens with zero attached hydrogens (tertiary/aromatic N) is 3. The number of aryl methyl sites for hydroxylation is 2. The Morgan fingerprint density at radius 3 is 2.81 bits per heavy atom. The van der Waals surface area contributed by atoms with Crippen LogP contribution in [0.1, 0.15) is 28.8 Å². The predicted molar refractivity (Wildman–Crippen MR) is 104 cm³/mol. The molecule has 1 N–H and O–H groups in total. The highest BCUT2D eigenvalue weighted by atomic mass is 16.5. The molecule has 1 fully saturated rings. The molecule has 3 heterocycles. The molecule has 27 heavy (non-hydrogen) atoms. The Morgan fingerprint density at radius 1 is 1.19 bits per heavy atom. The number of hydrogen-bond donors (Lipinski definition) is 1. The lowest BCUT2D eigenvalue weighted by atomic mass is 10.0. The first-order chi connectivity index (χ1) is 13.3. The fourth-order valence-corrected chi connectivity index (χ4v) is 3.42. The SMILES string of the molecule is O=C(NCC1CCOCC1)c1cnc2c(c1)ncn2CCc1ccccc1. The molecular weight excluding hydrogens is 340 g/mol. The van der Waals surface area contributed by atoms with Crippen molar-refractivity contribution in [3.05, 3.63) is 60.0 Å². The van der Waals surface area contributed by atoms with Gasteiger partial charge in [0.15, 0.2) is 5.65 Å². The van der Waals surface area contributed by atoms with Crippen LogP contribution in [0.5, 0.6) is 0 Å². The molecule has 1 saturated heterocycles. The van der Waals surface area contributed by atoms with Gasteiger partial charge in [-0.3, -0.25) is 4.79 Å². The van der Waals surface area contributed by atoms with Crippen LogP contribution in [0.25, 0.3) is 11.2 Å². The van der Waals surface area contributed by atoms with Gasteiger partial charge in [0.2, 0.25) is 0 Å². The van der Waals surface area contributed by atoms with Crippen LogP contribution in [0.3, 0.4) is 0 Å². The Balaban J connectivity index is 1.39. The molecule has 4 rings (SSSR count). The van der Waals surface area contributed by atoms with Gasteiger partial charge in [-0.1, -0.05) is 30.3 Å². The number of amides is 1. The van der Waals surface area contributed by atoms with Gasteiger partial charge in [0.1, 0.15) is 5.52 Å². The summed E-state index contributed by atoms with van der Waals surface area (Å²) in [6.45, 7) is 3.07. The second kappa shape index (κ2) is 8.31. The molecule has 6 nitrogen and oxygen atoms in total. The van der Waals surface area contributed by atoms with Crippen LogP contribution in [0.15, 0.2) is 48.9 Å². The topological polar surface area (TPSA) is 69.0 Å². The molecule has 1 aromatic carbocycles. The van der Waals surface area contributed by atoms with E-state index in [0.29, 0.717) is 18.0 Å². The van der Waals surface area contributed by atoms with E-state index < -0.39 is 0 Å². The maximum atomic E-state index is 12.4. The van der Waals surface area contributed by atoms with Crippen molar-refractivity contribution in [2.24, 2.45) is 5.92 Å². The minimum atomic E-state index is -0.0882. The Morgan fingerprint density at radius 2 is 2.00 bits per heavy atom. The average Bonchev–Trinajstić information content (AvgIpc) is 3.14. The molecule has 0 unspecified atom stereocenters. The van der Waals surface area contributed by atoms with E-state index in [4.69, 9.17) is 4.74 Å². The van der Waals surface area contributed by atoms with Crippen LogP contribution < -0.4 is 5.32 Å². The number of benzene rings is 1. The van der Waals surface area contributed by atoms with Gasteiger partial charge in [0.05, 0.1) is 11.9 Å². The minimum Gasteiger partial charge on any atom is -0.381 e. The summed E-state index contributed by atoms with van der Waals surface area (Å²) in [5, 5.41) is 3.02. The largest absolute Gasteiger partial charge is 0.381 e. The molecule has 2 aromatic heterocycles. The Labute approximate surface area is 158 Å².